The fourth-order valence-corrected chi connectivity index (χ4v) is 3.84. The first kappa shape index (κ1) is 15.6. The molecule has 0 amide bonds. The zero-order chi connectivity index (χ0) is 18.4. The summed E-state index contributed by atoms with van der Waals surface area (Å²) in [6.45, 7) is 0. The number of aromatic nitrogens is 1. The number of aromatic hydroxyl groups is 1. The Labute approximate surface area is 157 Å². The highest BCUT2D eigenvalue weighted by Crippen LogP contribution is 2.37. The first-order valence-electron chi connectivity index (χ1n) is 8.88. The van der Waals surface area contributed by atoms with Gasteiger partial charge in [0.15, 0.2) is 17.7 Å². The number of fused-ring (bicyclic) bond motifs is 5. The SMILES string of the molecule is COc1ccc(/C=C2/c3ccccc3-[n+]3ccc4ccccc4c32)cc1O. The van der Waals surface area contributed by atoms with Crippen molar-refractivity contribution < 1.29 is 14.4 Å². The lowest BCUT2D eigenvalue weighted by Crippen LogP contribution is -2.30. The number of phenolic OH excluding ortho intramolecular Hbond substituents is 1. The molecule has 0 aliphatic carbocycles. The number of methoxy groups -OCH3 is 1. The maximum absolute atomic E-state index is 10.2. The maximum Gasteiger partial charge on any atom is 0.227 e. The molecule has 1 aromatic heterocycles. The Morgan fingerprint density at radius 1 is 0.926 bits per heavy atom. The average molecular weight is 352 g/mol. The molecule has 0 fully saturated rings. The van der Waals surface area contributed by atoms with Crippen LogP contribution < -0.4 is 9.30 Å². The van der Waals surface area contributed by atoms with E-state index >= 15 is 0 Å². The van der Waals surface area contributed by atoms with Crippen LogP contribution in [-0.4, -0.2) is 12.2 Å². The number of rotatable bonds is 2. The van der Waals surface area contributed by atoms with Crippen LogP contribution in [0.1, 0.15) is 16.8 Å². The van der Waals surface area contributed by atoms with Gasteiger partial charge in [-0.25, -0.2) is 0 Å². The fraction of sp³-hybridized carbons (Fsp3) is 0.0417. The van der Waals surface area contributed by atoms with E-state index in [1.54, 1.807) is 19.2 Å². The van der Waals surface area contributed by atoms with Gasteiger partial charge in [0.25, 0.3) is 0 Å². The summed E-state index contributed by atoms with van der Waals surface area (Å²) < 4.78 is 7.41. The highest BCUT2D eigenvalue weighted by atomic mass is 16.5. The zero-order valence-corrected chi connectivity index (χ0v) is 14.9. The van der Waals surface area contributed by atoms with Crippen molar-refractivity contribution >= 4 is 22.4 Å². The van der Waals surface area contributed by atoms with Crippen molar-refractivity contribution in [3.05, 3.63) is 95.8 Å². The van der Waals surface area contributed by atoms with Crippen LogP contribution in [0, 0.1) is 0 Å². The quantitative estimate of drug-likeness (QED) is 0.466. The molecule has 1 N–H and O–H groups in total. The van der Waals surface area contributed by atoms with Crippen LogP contribution in [0.5, 0.6) is 11.5 Å². The fourth-order valence-electron chi connectivity index (χ4n) is 3.84. The summed E-state index contributed by atoms with van der Waals surface area (Å²) in [5.74, 6) is 0.619. The molecule has 2 heterocycles. The predicted octanol–water partition coefficient (Wildman–Crippen LogP) is 4.73. The van der Waals surface area contributed by atoms with Gasteiger partial charge < -0.3 is 9.84 Å². The van der Waals surface area contributed by atoms with Crippen LogP contribution >= 0.6 is 0 Å². The van der Waals surface area contributed by atoms with E-state index in [1.165, 1.54) is 27.7 Å². The van der Waals surface area contributed by atoms with Gasteiger partial charge in [0, 0.05) is 12.1 Å². The van der Waals surface area contributed by atoms with Gasteiger partial charge in [-0.05, 0) is 41.3 Å². The molecule has 3 nitrogen and oxygen atoms in total. The van der Waals surface area contributed by atoms with E-state index in [1.807, 2.05) is 6.07 Å². The predicted molar refractivity (Wildman–Crippen MR) is 107 cm³/mol. The van der Waals surface area contributed by atoms with Crippen LogP contribution in [0.25, 0.3) is 28.1 Å². The van der Waals surface area contributed by atoms with E-state index in [2.05, 4.69) is 71.4 Å². The van der Waals surface area contributed by atoms with Crippen LogP contribution in [-0.2, 0) is 0 Å². The van der Waals surface area contributed by atoms with Crippen molar-refractivity contribution in [2.24, 2.45) is 0 Å². The molecular formula is C24H18NO2+. The van der Waals surface area contributed by atoms with Crippen LogP contribution in [0.4, 0.5) is 0 Å². The lowest BCUT2D eigenvalue weighted by Gasteiger charge is -2.05. The number of hydrogen-bond donors (Lipinski definition) is 1. The van der Waals surface area contributed by atoms with E-state index in [0.717, 1.165) is 11.1 Å². The molecule has 1 aliphatic rings. The summed E-state index contributed by atoms with van der Waals surface area (Å²) in [5.41, 5.74) is 5.60. The maximum atomic E-state index is 10.2. The van der Waals surface area contributed by atoms with E-state index < -0.39 is 0 Å². The lowest BCUT2D eigenvalue weighted by atomic mass is 9.98. The smallest absolute Gasteiger partial charge is 0.227 e. The normalized spacial score (nSPS) is 13.6. The minimum absolute atomic E-state index is 0.143. The molecule has 0 spiro atoms. The Bertz CT molecular complexity index is 1220. The highest BCUT2D eigenvalue weighted by Gasteiger charge is 2.33. The monoisotopic (exact) mass is 352 g/mol. The summed E-state index contributed by atoms with van der Waals surface area (Å²) in [5, 5.41) is 12.6. The Hall–Kier alpha value is -3.59. The van der Waals surface area contributed by atoms with Gasteiger partial charge in [0.05, 0.1) is 23.6 Å². The van der Waals surface area contributed by atoms with E-state index in [-0.39, 0.29) is 5.75 Å². The topological polar surface area (TPSA) is 33.3 Å². The molecule has 5 rings (SSSR count). The van der Waals surface area contributed by atoms with Crippen molar-refractivity contribution in [1.82, 2.24) is 0 Å². The Morgan fingerprint density at radius 2 is 1.74 bits per heavy atom. The van der Waals surface area contributed by atoms with Gasteiger partial charge in [-0.15, -0.1) is 0 Å². The average Bonchev–Trinajstić information content (AvgIpc) is 3.02. The van der Waals surface area contributed by atoms with E-state index in [9.17, 15) is 5.11 Å². The molecule has 3 aromatic carbocycles. The molecule has 0 bridgehead atoms. The Balaban J connectivity index is 1.80. The summed E-state index contributed by atoms with van der Waals surface area (Å²) in [4.78, 5) is 0. The van der Waals surface area contributed by atoms with Gasteiger partial charge in [-0.1, -0.05) is 36.4 Å². The van der Waals surface area contributed by atoms with Crippen LogP contribution in [0.3, 0.4) is 0 Å². The van der Waals surface area contributed by atoms with Gasteiger partial charge in [0.1, 0.15) is 0 Å². The number of phenols is 1. The van der Waals surface area contributed by atoms with E-state index in [4.69, 9.17) is 4.74 Å². The van der Waals surface area contributed by atoms with E-state index in [0.29, 0.717) is 5.75 Å². The number of nitrogens with zero attached hydrogens (tertiary/aromatic N) is 1. The van der Waals surface area contributed by atoms with Crippen LogP contribution in [0.2, 0.25) is 0 Å². The molecule has 0 atom stereocenters. The van der Waals surface area contributed by atoms with Crippen molar-refractivity contribution in [2.45, 2.75) is 0 Å². The molecule has 27 heavy (non-hydrogen) atoms. The molecule has 130 valence electrons. The molecule has 3 heteroatoms. The number of hydrogen-bond acceptors (Lipinski definition) is 2. The molecule has 0 saturated carbocycles. The number of ether oxygens (including phenoxy) is 1. The standard InChI is InChI=1S/C24H17NO2/c1-27-23-11-10-16(15-22(23)26)14-20-19-8-4-5-9-21(19)25-13-12-17-6-2-3-7-18(17)24(20)25/h2-15H,1H3/p+1/b20-14-. The molecule has 0 saturated heterocycles. The Morgan fingerprint density at radius 3 is 2.59 bits per heavy atom. The van der Waals surface area contributed by atoms with Gasteiger partial charge in [0.2, 0.25) is 11.4 Å². The summed E-state index contributed by atoms with van der Waals surface area (Å²) >= 11 is 0. The van der Waals surface area contributed by atoms with Crippen molar-refractivity contribution in [1.29, 1.82) is 0 Å². The molecule has 1 aliphatic heterocycles. The second kappa shape index (κ2) is 5.99. The molecule has 0 unspecified atom stereocenters. The van der Waals surface area contributed by atoms with Crippen LogP contribution in [0.15, 0.2) is 79.0 Å². The summed E-state index contributed by atoms with van der Waals surface area (Å²) in [7, 11) is 1.55. The number of benzene rings is 3. The first-order valence-corrected chi connectivity index (χ1v) is 8.88. The van der Waals surface area contributed by atoms with Crippen molar-refractivity contribution in [3.8, 4) is 17.2 Å². The summed E-state index contributed by atoms with van der Waals surface area (Å²) in [6, 6.07) is 24.5. The Kier molecular flexibility index (Phi) is 3.47. The number of para-hydroxylation sites is 1. The first-order chi connectivity index (χ1) is 13.3. The zero-order valence-electron chi connectivity index (χ0n) is 14.9. The third-order valence-electron chi connectivity index (χ3n) is 5.08. The van der Waals surface area contributed by atoms with Gasteiger partial charge >= 0.3 is 0 Å². The lowest BCUT2D eigenvalue weighted by molar-refractivity contribution is -0.592. The third-order valence-corrected chi connectivity index (χ3v) is 5.08. The second-order valence-electron chi connectivity index (χ2n) is 6.63. The van der Waals surface area contributed by atoms with Gasteiger partial charge in [-0.3, -0.25) is 0 Å². The molecule has 4 aromatic rings. The minimum Gasteiger partial charge on any atom is -0.504 e. The molecular weight excluding hydrogens is 334 g/mol. The molecule has 0 radical (unpaired) electrons. The summed E-state index contributed by atoms with van der Waals surface area (Å²) in [6.07, 6.45) is 4.26. The largest absolute Gasteiger partial charge is 0.504 e. The van der Waals surface area contributed by atoms with Gasteiger partial charge in [-0.2, -0.15) is 4.57 Å². The van der Waals surface area contributed by atoms with Crippen molar-refractivity contribution in [3.63, 3.8) is 0 Å². The van der Waals surface area contributed by atoms with Crippen molar-refractivity contribution in [2.75, 3.05) is 7.11 Å². The highest BCUT2D eigenvalue weighted by molar-refractivity contribution is 6.02. The second-order valence-corrected chi connectivity index (χ2v) is 6.63. The minimum atomic E-state index is 0.143. The third kappa shape index (κ3) is 2.40. The number of pyridine rings is 1.